The Bertz CT molecular complexity index is 236. The third-order valence-electron chi connectivity index (χ3n) is 6.11. The summed E-state index contributed by atoms with van der Waals surface area (Å²) in [5, 5.41) is 3.68. The van der Waals surface area contributed by atoms with Crippen molar-refractivity contribution in [2.75, 3.05) is 7.05 Å². The Hall–Kier alpha value is -0.0400. The van der Waals surface area contributed by atoms with Crippen molar-refractivity contribution in [1.82, 2.24) is 5.32 Å². The Morgan fingerprint density at radius 2 is 1.60 bits per heavy atom. The van der Waals surface area contributed by atoms with Crippen LogP contribution < -0.4 is 5.32 Å². The zero-order valence-corrected chi connectivity index (χ0v) is 14.0. The van der Waals surface area contributed by atoms with Crippen molar-refractivity contribution < 1.29 is 0 Å². The molecule has 1 unspecified atom stereocenters. The Labute approximate surface area is 127 Å². The van der Waals surface area contributed by atoms with E-state index >= 15 is 0 Å². The van der Waals surface area contributed by atoms with Crippen molar-refractivity contribution in [3.63, 3.8) is 0 Å². The predicted octanol–water partition coefficient (Wildman–Crippen LogP) is 5.54. The topological polar surface area (TPSA) is 12.0 Å². The van der Waals surface area contributed by atoms with E-state index in [-0.39, 0.29) is 0 Å². The van der Waals surface area contributed by atoms with Gasteiger partial charge in [-0.15, -0.1) is 0 Å². The molecular formula is C19H37N. The molecule has 0 aromatic rings. The van der Waals surface area contributed by atoms with Crippen molar-refractivity contribution in [2.24, 2.45) is 17.8 Å². The van der Waals surface area contributed by atoms with E-state index in [4.69, 9.17) is 0 Å². The van der Waals surface area contributed by atoms with Gasteiger partial charge in [0.05, 0.1) is 0 Å². The van der Waals surface area contributed by atoms with Crippen LogP contribution in [0.4, 0.5) is 0 Å². The summed E-state index contributed by atoms with van der Waals surface area (Å²) >= 11 is 0. The molecule has 2 rings (SSSR count). The van der Waals surface area contributed by atoms with E-state index in [1.165, 1.54) is 83.5 Å². The normalized spacial score (nSPS) is 30.3. The van der Waals surface area contributed by atoms with Gasteiger partial charge in [0.15, 0.2) is 0 Å². The van der Waals surface area contributed by atoms with Crippen LogP contribution in [-0.4, -0.2) is 13.1 Å². The minimum atomic E-state index is 0.810. The molecule has 0 radical (unpaired) electrons. The largest absolute Gasteiger partial charge is 0.317 e. The molecule has 0 spiro atoms. The van der Waals surface area contributed by atoms with Crippen molar-refractivity contribution in [1.29, 1.82) is 0 Å². The first kappa shape index (κ1) is 16.3. The molecular weight excluding hydrogens is 242 g/mol. The highest BCUT2D eigenvalue weighted by atomic mass is 14.9. The first-order valence-electron chi connectivity index (χ1n) is 9.50. The smallest absolute Gasteiger partial charge is 0.00949 e. The average Bonchev–Trinajstić information content (AvgIpc) is 2.52. The van der Waals surface area contributed by atoms with Crippen LogP contribution in [0, 0.1) is 17.8 Å². The third kappa shape index (κ3) is 5.06. The Kier molecular flexibility index (Phi) is 7.41. The van der Waals surface area contributed by atoms with Gasteiger partial charge in [-0.05, 0) is 44.1 Å². The van der Waals surface area contributed by atoms with Gasteiger partial charge in [-0.2, -0.15) is 0 Å². The van der Waals surface area contributed by atoms with Gasteiger partial charge in [0.1, 0.15) is 0 Å². The molecule has 2 saturated carbocycles. The Morgan fingerprint density at radius 3 is 2.20 bits per heavy atom. The lowest BCUT2D eigenvalue weighted by Gasteiger charge is -2.36. The fourth-order valence-corrected chi connectivity index (χ4v) is 4.70. The number of rotatable bonds is 7. The lowest BCUT2D eigenvalue weighted by atomic mass is 9.73. The molecule has 0 bridgehead atoms. The SMILES string of the molecule is CCCCC1CCC(C(CC2CCCCC2)NC)CC1. The van der Waals surface area contributed by atoms with Crippen LogP contribution in [0.5, 0.6) is 0 Å². The quantitative estimate of drug-likeness (QED) is 0.645. The predicted molar refractivity (Wildman–Crippen MR) is 89.0 cm³/mol. The van der Waals surface area contributed by atoms with Crippen molar-refractivity contribution in [3.05, 3.63) is 0 Å². The molecule has 1 heteroatoms. The maximum absolute atomic E-state index is 3.68. The molecule has 1 N–H and O–H groups in total. The van der Waals surface area contributed by atoms with E-state index in [0.29, 0.717) is 0 Å². The van der Waals surface area contributed by atoms with Crippen molar-refractivity contribution in [3.8, 4) is 0 Å². The molecule has 1 nitrogen and oxygen atoms in total. The lowest BCUT2D eigenvalue weighted by molar-refractivity contribution is 0.186. The van der Waals surface area contributed by atoms with E-state index < -0.39 is 0 Å². The van der Waals surface area contributed by atoms with Gasteiger partial charge in [-0.1, -0.05) is 71.1 Å². The molecule has 0 aromatic heterocycles. The molecule has 0 aliphatic heterocycles. The van der Waals surface area contributed by atoms with Crippen LogP contribution in [0.15, 0.2) is 0 Å². The molecule has 0 aromatic carbocycles. The van der Waals surface area contributed by atoms with Crippen LogP contribution in [0.25, 0.3) is 0 Å². The monoisotopic (exact) mass is 279 g/mol. The van der Waals surface area contributed by atoms with Gasteiger partial charge < -0.3 is 5.32 Å². The Morgan fingerprint density at radius 1 is 0.900 bits per heavy atom. The second-order valence-electron chi connectivity index (χ2n) is 7.56. The average molecular weight is 280 g/mol. The van der Waals surface area contributed by atoms with Gasteiger partial charge in [0, 0.05) is 6.04 Å². The molecule has 0 saturated heterocycles. The fourth-order valence-electron chi connectivity index (χ4n) is 4.70. The summed E-state index contributed by atoms with van der Waals surface area (Å²) in [5.74, 6) is 3.05. The number of hydrogen-bond donors (Lipinski definition) is 1. The maximum atomic E-state index is 3.68. The summed E-state index contributed by atoms with van der Waals surface area (Å²) in [6.45, 7) is 2.33. The maximum Gasteiger partial charge on any atom is 0.00949 e. The van der Waals surface area contributed by atoms with E-state index in [1.54, 1.807) is 0 Å². The summed E-state index contributed by atoms with van der Waals surface area (Å²) in [7, 11) is 2.21. The van der Waals surface area contributed by atoms with Gasteiger partial charge in [-0.25, -0.2) is 0 Å². The van der Waals surface area contributed by atoms with E-state index in [9.17, 15) is 0 Å². The summed E-state index contributed by atoms with van der Waals surface area (Å²) in [6, 6.07) is 0.810. The molecule has 0 heterocycles. The van der Waals surface area contributed by atoms with Crippen LogP contribution in [0.3, 0.4) is 0 Å². The number of unbranched alkanes of at least 4 members (excludes halogenated alkanes) is 1. The first-order valence-corrected chi connectivity index (χ1v) is 9.50. The second-order valence-corrected chi connectivity index (χ2v) is 7.56. The van der Waals surface area contributed by atoms with Gasteiger partial charge in [0.2, 0.25) is 0 Å². The minimum absolute atomic E-state index is 0.810. The summed E-state index contributed by atoms with van der Waals surface area (Å²) < 4.78 is 0. The highest BCUT2D eigenvalue weighted by Gasteiger charge is 2.28. The number of hydrogen-bond acceptors (Lipinski definition) is 1. The standard InChI is InChI=1S/C19H37N/c1-3-4-8-16-11-13-18(14-12-16)19(20-2)15-17-9-6-5-7-10-17/h16-20H,3-15H2,1-2H3. The third-order valence-corrected chi connectivity index (χ3v) is 6.11. The van der Waals surface area contributed by atoms with Crippen molar-refractivity contribution in [2.45, 2.75) is 96.4 Å². The Balaban J connectivity index is 1.72. The minimum Gasteiger partial charge on any atom is -0.317 e. The van der Waals surface area contributed by atoms with Crippen LogP contribution in [-0.2, 0) is 0 Å². The lowest BCUT2D eigenvalue weighted by Crippen LogP contribution is -2.37. The van der Waals surface area contributed by atoms with Gasteiger partial charge >= 0.3 is 0 Å². The summed E-state index contributed by atoms with van der Waals surface area (Å²) in [4.78, 5) is 0. The molecule has 118 valence electrons. The van der Waals surface area contributed by atoms with Gasteiger partial charge in [0.25, 0.3) is 0 Å². The zero-order valence-electron chi connectivity index (χ0n) is 14.0. The van der Waals surface area contributed by atoms with Crippen LogP contribution in [0.2, 0.25) is 0 Å². The van der Waals surface area contributed by atoms with Crippen molar-refractivity contribution >= 4 is 0 Å². The van der Waals surface area contributed by atoms with Gasteiger partial charge in [-0.3, -0.25) is 0 Å². The highest BCUT2D eigenvalue weighted by Crippen LogP contribution is 2.36. The first-order chi connectivity index (χ1) is 9.83. The highest BCUT2D eigenvalue weighted by molar-refractivity contribution is 4.83. The fraction of sp³-hybridized carbons (Fsp3) is 1.00. The van der Waals surface area contributed by atoms with Crippen LogP contribution in [0.1, 0.15) is 90.4 Å². The zero-order chi connectivity index (χ0) is 14.2. The second kappa shape index (κ2) is 9.07. The molecule has 1 atom stereocenters. The van der Waals surface area contributed by atoms with E-state index in [1.807, 2.05) is 0 Å². The molecule has 2 aliphatic rings. The molecule has 0 amide bonds. The molecule has 2 fully saturated rings. The number of nitrogens with one attached hydrogen (secondary N) is 1. The summed E-state index contributed by atoms with van der Waals surface area (Å²) in [6.07, 6.45) is 19.3. The van der Waals surface area contributed by atoms with Crippen LogP contribution >= 0.6 is 0 Å². The molecule has 2 aliphatic carbocycles. The van der Waals surface area contributed by atoms with E-state index in [0.717, 1.165) is 23.8 Å². The summed E-state index contributed by atoms with van der Waals surface area (Å²) in [5.41, 5.74) is 0. The molecule has 20 heavy (non-hydrogen) atoms. The van der Waals surface area contributed by atoms with E-state index in [2.05, 4.69) is 19.3 Å².